The van der Waals surface area contributed by atoms with Gasteiger partial charge in [-0.1, -0.05) is 6.92 Å². The second kappa shape index (κ2) is 6.11. The van der Waals surface area contributed by atoms with Gasteiger partial charge in [0.1, 0.15) is 0 Å². The quantitative estimate of drug-likeness (QED) is 0.782. The normalized spacial score (nSPS) is 11.1. The highest BCUT2D eigenvalue weighted by Gasteiger charge is 2.05. The van der Waals surface area contributed by atoms with Crippen LogP contribution >= 0.6 is 11.3 Å². The van der Waals surface area contributed by atoms with E-state index in [1.165, 1.54) is 4.88 Å². The molecule has 0 bridgehead atoms. The van der Waals surface area contributed by atoms with Gasteiger partial charge in [0.2, 0.25) is 0 Å². The molecule has 4 heteroatoms. The van der Waals surface area contributed by atoms with Crippen LogP contribution in [-0.2, 0) is 6.54 Å². The van der Waals surface area contributed by atoms with E-state index in [0.717, 1.165) is 31.1 Å². The van der Waals surface area contributed by atoms with E-state index in [4.69, 9.17) is 5.11 Å². The molecule has 0 amide bonds. The molecule has 0 aliphatic heterocycles. The van der Waals surface area contributed by atoms with E-state index in [1.54, 1.807) is 11.3 Å². The molecule has 1 heterocycles. The zero-order valence-corrected chi connectivity index (χ0v) is 9.68. The minimum absolute atomic E-state index is 0.276. The van der Waals surface area contributed by atoms with E-state index in [9.17, 15) is 0 Å². The molecule has 0 saturated heterocycles. The van der Waals surface area contributed by atoms with Crippen molar-refractivity contribution in [2.24, 2.45) is 0 Å². The maximum atomic E-state index is 8.74. The second-order valence-electron chi connectivity index (χ2n) is 3.29. The number of hydrogen-bond donors (Lipinski definition) is 1. The Kier molecular flexibility index (Phi) is 5.07. The summed E-state index contributed by atoms with van der Waals surface area (Å²) in [5.41, 5.74) is 0. The number of aliphatic hydroxyl groups is 1. The Labute approximate surface area is 89.4 Å². The molecule has 0 aromatic carbocycles. The third-order valence-corrected chi connectivity index (χ3v) is 3.03. The van der Waals surface area contributed by atoms with Gasteiger partial charge in [0.15, 0.2) is 0 Å². The predicted octanol–water partition coefficient (Wildman–Crippen LogP) is 1.66. The number of thiazole rings is 1. The molecule has 0 spiro atoms. The summed E-state index contributed by atoms with van der Waals surface area (Å²) < 4.78 is 0. The summed E-state index contributed by atoms with van der Waals surface area (Å²) >= 11 is 1.75. The van der Waals surface area contributed by atoms with Crippen molar-refractivity contribution >= 4 is 11.3 Å². The van der Waals surface area contributed by atoms with Crippen molar-refractivity contribution in [2.75, 3.05) is 19.7 Å². The molecule has 1 aromatic heterocycles. The van der Waals surface area contributed by atoms with Gasteiger partial charge in [-0.2, -0.15) is 0 Å². The van der Waals surface area contributed by atoms with Crippen LogP contribution in [0.25, 0.3) is 0 Å². The SMILES string of the molecule is CCN(CCCO)Cc1cnc(C)s1. The maximum Gasteiger partial charge on any atom is 0.0897 e. The molecule has 0 unspecified atom stereocenters. The Morgan fingerprint density at radius 1 is 1.57 bits per heavy atom. The van der Waals surface area contributed by atoms with Crippen LogP contribution in [0.5, 0.6) is 0 Å². The van der Waals surface area contributed by atoms with Gasteiger partial charge in [0.25, 0.3) is 0 Å². The predicted molar refractivity (Wildman–Crippen MR) is 59.5 cm³/mol. The number of rotatable bonds is 6. The van der Waals surface area contributed by atoms with Crippen LogP contribution in [0.3, 0.4) is 0 Å². The van der Waals surface area contributed by atoms with Crippen LogP contribution in [0.4, 0.5) is 0 Å². The lowest BCUT2D eigenvalue weighted by Crippen LogP contribution is -2.24. The van der Waals surface area contributed by atoms with Gasteiger partial charge in [-0.15, -0.1) is 11.3 Å². The highest BCUT2D eigenvalue weighted by molar-refractivity contribution is 7.11. The first-order valence-electron chi connectivity index (χ1n) is 5.00. The maximum absolute atomic E-state index is 8.74. The topological polar surface area (TPSA) is 36.4 Å². The van der Waals surface area contributed by atoms with Crippen molar-refractivity contribution in [1.82, 2.24) is 9.88 Å². The summed E-state index contributed by atoms with van der Waals surface area (Å²) in [6.45, 7) is 7.39. The highest BCUT2D eigenvalue weighted by atomic mass is 32.1. The minimum Gasteiger partial charge on any atom is -0.396 e. The average Bonchev–Trinajstić information content (AvgIpc) is 2.58. The standard InChI is InChI=1S/C10H18N2OS/c1-3-12(5-4-6-13)8-10-7-11-9(2)14-10/h7,13H,3-6,8H2,1-2H3. The molecule has 14 heavy (non-hydrogen) atoms. The Morgan fingerprint density at radius 2 is 2.36 bits per heavy atom. The van der Waals surface area contributed by atoms with Crippen molar-refractivity contribution in [3.8, 4) is 0 Å². The molecular formula is C10H18N2OS. The number of aliphatic hydroxyl groups excluding tert-OH is 1. The van der Waals surface area contributed by atoms with E-state index in [1.807, 2.05) is 13.1 Å². The Bertz CT molecular complexity index is 262. The molecule has 0 saturated carbocycles. The van der Waals surface area contributed by atoms with Crippen molar-refractivity contribution < 1.29 is 5.11 Å². The van der Waals surface area contributed by atoms with Crippen LogP contribution in [-0.4, -0.2) is 34.7 Å². The van der Waals surface area contributed by atoms with Crippen molar-refractivity contribution in [3.05, 3.63) is 16.1 Å². The summed E-state index contributed by atoms with van der Waals surface area (Å²) in [5, 5.41) is 9.87. The number of hydrogen-bond acceptors (Lipinski definition) is 4. The minimum atomic E-state index is 0.276. The van der Waals surface area contributed by atoms with Gasteiger partial charge in [-0.05, 0) is 19.9 Å². The molecule has 0 fully saturated rings. The van der Waals surface area contributed by atoms with Crippen LogP contribution < -0.4 is 0 Å². The number of aromatic nitrogens is 1. The van der Waals surface area contributed by atoms with Crippen LogP contribution in [0.15, 0.2) is 6.20 Å². The van der Waals surface area contributed by atoms with Crippen molar-refractivity contribution in [1.29, 1.82) is 0 Å². The summed E-state index contributed by atoms with van der Waals surface area (Å²) in [4.78, 5) is 7.86. The molecule has 1 N–H and O–H groups in total. The van der Waals surface area contributed by atoms with Gasteiger partial charge in [-0.25, -0.2) is 4.98 Å². The summed E-state index contributed by atoms with van der Waals surface area (Å²) in [6.07, 6.45) is 2.80. The second-order valence-corrected chi connectivity index (χ2v) is 4.61. The van der Waals surface area contributed by atoms with Crippen LogP contribution in [0.2, 0.25) is 0 Å². The lowest BCUT2D eigenvalue weighted by molar-refractivity contribution is 0.226. The first kappa shape index (κ1) is 11.6. The lowest BCUT2D eigenvalue weighted by atomic mass is 10.3. The average molecular weight is 214 g/mol. The third-order valence-electron chi connectivity index (χ3n) is 2.13. The smallest absolute Gasteiger partial charge is 0.0897 e. The fourth-order valence-electron chi connectivity index (χ4n) is 1.34. The number of aryl methyl sites for hydroxylation is 1. The first-order chi connectivity index (χ1) is 6.76. The molecule has 80 valence electrons. The van der Waals surface area contributed by atoms with Crippen molar-refractivity contribution in [3.63, 3.8) is 0 Å². The Morgan fingerprint density at radius 3 is 2.86 bits per heavy atom. The van der Waals surface area contributed by atoms with E-state index in [2.05, 4.69) is 16.8 Å². The summed E-state index contributed by atoms with van der Waals surface area (Å²) in [6, 6.07) is 0. The Hall–Kier alpha value is -0.450. The van der Waals surface area contributed by atoms with Crippen LogP contribution in [0.1, 0.15) is 23.2 Å². The molecule has 3 nitrogen and oxygen atoms in total. The largest absolute Gasteiger partial charge is 0.396 e. The molecule has 1 aromatic rings. The molecule has 0 aliphatic carbocycles. The van der Waals surface area contributed by atoms with Gasteiger partial charge in [0.05, 0.1) is 5.01 Å². The third kappa shape index (κ3) is 3.74. The van der Waals surface area contributed by atoms with E-state index >= 15 is 0 Å². The van der Waals surface area contributed by atoms with E-state index in [0.29, 0.717) is 0 Å². The van der Waals surface area contributed by atoms with E-state index < -0.39 is 0 Å². The first-order valence-corrected chi connectivity index (χ1v) is 5.82. The van der Waals surface area contributed by atoms with Crippen molar-refractivity contribution in [2.45, 2.75) is 26.8 Å². The fraction of sp³-hybridized carbons (Fsp3) is 0.700. The summed E-state index contributed by atoms with van der Waals surface area (Å²) in [7, 11) is 0. The molecule has 1 rings (SSSR count). The van der Waals surface area contributed by atoms with Gasteiger partial charge in [0, 0.05) is 30.8 Å². The van der Waals surface area contributed by atoms with Gasteiger partial charge < -0.3 is 5.11 Å². The zero-order valence-electron chi connectivity index (χ0n) is 8.86. The van der Waals surface area contributed by atoms with E-state index in [-0.39, 0.29) is 6.61 Å². The number of nitrogens with zero attached hydrogens (tertiary/aromatic N) is 2. The molecule has 0 atom stereocenters. The van der Waals surface area contributed by atoms with Gasteiger partial charge in [-0.3, -0.25) is 4.90 Å². The molecular weight excluding hydrogens is 196 g/mol. The van der Waals surface area contributed by atoms with Gasteiger partial charge >= 0.3 is 0 Å². The summed E-state index contributed by atoms with van der Waals surface area (Å²) in [5.74, 6) is 0. The zero-order chi connectivity index (χ0) is 10.4. The molecule has 0 radical (unpaired) electrons. The Balaban J connectivity index is 2.40. The lowest BCUT2D eigenvalue weighted by Gasteiger charge is -2.18. The molecule has 0 aliphatic rings. The highest BCUT2D eigenvalue weighted by Crippen LogP contribution is 2.13. The van der Waals surface area contributed by atoms with Crippen LogP contribution in [0, 0.1) is 6.92 Å². The monoisotopic (exact) mass is 214 g/mol. The fourth-order valence-corrected chi connectivity index (χ4v) is 2.18.